The Kier molecular flexibility index (Phi) is 8.65. The predicted molar refractivity (Wildman–Crippen MR) is 118 cm³/mol. The van der Waals surface area contributed by atoms with Crippen LogP contribution in [0.3, 0.4) is 0 Å². The molecule has 1 aliphatic rings. The van der Waals surface area contributed by atoms with Gasteiger partial charge in [-0.2, -0.15) is 8.78 Å². The lowest BCUT2D eigenvalue weighted by Crippen LogP contribution is -2.48. The molecule has 2 atom stereocenters. The highest BCUT2D eigenvalue weighted by Gasteiger charge is 2.28. The van der Waals surface area contributed by atoms with Gasteiger partial charge in [-0.15, -0.1) is 24.0 Å². The topological polar surface area (TPSA) is 45.5 Å². The van der Waals surface area contributed by atoms with Crippen molar-refractivity contribution in [3.63, 3.8) is 0 Å². The molecule has 8 heteroatoms. The van der Waals surface area contributed by atoms with Crippen molar-refractivity contribution in [2.75, 3.05) is 19.6 Å². The minimum absolute atomic E-state index is 0. The van der Waals surface area contributed by atoms with E-state index in [0.717, 1.165) is 36.6 Å². The molecule has 0 saturated carbocycles. The Hall–Kier alpha value is -1.71. The van der Waals surface area contributed by atoms with Crippen LogP contribution in [0.1, 0.15) is 44.1 Å². The molecule has 2 aromatic rings. The lowest BCUT2D eigenvalue weighted by atomic mass is 9.82. The van der Waals surface area contributed by atoms with Crippen molar-refractivity contribution in [2.24, 2.45) is 10.9 Å². The van der Waals surface area contributed by atoms with E-state index < -0.39 is 6.55 Å². The third-order valence-electron chi connectivity index (χ3n) is 5.10. The largest absolute Gasteiger partial charge is 0.357 e. The standard InChI is InChI=1S/C20H27F2N5.HI/c1-3-23-20(25-13-18-24-10-12-27(18)19(21)22)26-11-9-17(15(2)14-26)16-7-5-4-6-8-16;/h4-8,10,12,15,17,19H,3,9,11,13-14H2,1-2H3,(H,23,25);1H. The molecule has 0 amide bonds. The van der Waals surface area contributed by atoms with Gasteiger partial charge in [-0.3, -0.25) is 4.57 Å². The zero-order chi connectivity index (χ0) is 19.2. The van der Waals surface area contributed by atoms with Crippen molar-refractivity contribution >= 4 is 29.9 Å². The van der Waals surface area contributed by atoms with E-state index in [1.807, 2.05) is 13.0 Å². The van der Waals surface area contributed by atoms with E-state index in [9.17, 15) is 8.78 Å². The zero-order valence-corrected chi connectivity index (χ0v) is 18.6. The van der Waals surface area contributed by atoms with Crippen LogP contribution in [0.15, 0.2) is 47.7 Å². The molecule has 1 fully saturated rings. The molecule has 0 bridgehead atoms. The number of hydrogen-bond donors (Lipinski definition) is 1. The maximum absolute atomic E-state index is 13.0. The van der Waals surface area contributed by atoms with Crippen molar-refractivity contribution in [1.82, 2.24) is 19.8 Å². The summed E-state index contributed by atoms with van der Waals surface area (Å²) in [7, 11) is 0. The van der Waals surface area contributed by atoms with Crippen LogP contribution in [0, 0.1) is 5.92 Å². The molecule has 0 radical (unpaired) electrons. The maximum atomic E-state index is 13.0. The molecule has 1 aromatic heterocycles. The Morgan fingerprint density at radius 3 is 2.71 bits per heavy atom. The first-order valence-corrected chi connectivity index (χ1v) is 9.48. The molecule has 28 heavy (non-hydrogen) atoms. The van der Waals surface area contributed by atoms with Crippen LogP contribution < -0.4 is 5.32 Å². The lowest BCUT2D eigenvalue weighted by Gasteiger charge is -2.39. The molecule has 2 heterocycles. The number of likely N-dealkylation sites (tertiary alicyclic amines) is 1. The fraction of sp³-hybridized carbons (Fsp3) is 0.500. The normalized spacial score (nSPS) is 20.2. The highest BCUT2D eigenvalue weighted by atomic mass is 127. The minimum Gasteiger partial charge on any atom is -0.357 e. The van der Waals surface area contributed by atoms with Crippen LogP contribution in [0.2, 0.25) is 0 Å². The second-order valence-corrected chi connectivity index (χ2v) is 6.93. The summed E-state index contributed by atoms with van der Waals surface area (Å²) in [6.07, 6.45) is 3.72. The van der Waals surface area contributed by atoms with Gasteiger partial charge in [0.1, 0.15) is 12.4 Å². The molecule has 5 nitrogen and oxygen atoms in total. The number of guanidine groups is 1. The van der Waals surface area contributed by atoms with Crippen LogP contribution in [0.25, 0.3) is 0 Å². The number of imidazole rings is 1. The first-order chi connectivity index (χ1) is 13.1. The maximum Gasteiger partial charge on any atom is 0.319 e. The zero-order valence-electron chi connectivity index (χ0n) is 16.3. The van der Waals surface area contributed by atoms with E-state index in [0.29, 0.717) is 11.8 Å². The van der Waals surface area contributed by atoms with E-state index in [2.05, 4.69) is 51.4 Å². The smallest absolute Gasteiger partial charge is 0.319 e. The van der Waals surface area contributed by atoms with Crippen molar-refractivity contribution in [3.05, 3.63) is 54.1 Å². The van der Waals surface area contributed by atoms with Crippen molar-refractivity contribution in [2.45, 2.75) is 39.3 Å². The highest BCUT2D eigenvalue weighted by molar-refractivity contribution is 14.0. The number of rotatable bonds is 5. The molecule has 0 spiro atoms. The number of hydrogen-bond acceptors (Lipinski definition) is 2. The van der Waals surface area contributed by atoms with Crippen LogP contribution in [-0.2, 0) is 6.54 Å². The molecule has 1 N–H and O–H groups in total. The van der Waals surface area contributed by atoms with Gasteiger partial charge in [0, 0.05) is 32.0 Å². The van der Waals surface area contributed by atoms with Crippen molar-refractivity contribution in [3.8, 4) is 0 Å². The van der Waals surface area contributed by atoms with Crippen molar-refractivity contribution in [1.29, 1.82) is 0 Å². The van der Waals surface area contributed by atoms with Gasteiger partial charge in [0.05, 0.1) is 0 Å². The third-order valence-corrected chi connectivity index (χ3v) is 5.10. The van der Waals surface area contributed by atoms with Crippen LogP contribution in [-0.4, -0.2) is 40.0 Å². The molecule has 1 aromatic carbocycles. The van der Waals surface area contributed by atoms with Gasteiger partial charge in [0.2, 0.25) is 0 Å². The van der Waals surface area contributed by atoms with Crippen LogP contribution in [0.4, 0.5) is 8.78 Å². The van der Waals surface area contributed by atoms with E-state index in [4.69, 9.17) is 0 Å². The van der Waals surface area contributed by atoms with E-state index >= 15 is 0 Å². The summed E-state index contributed by atoms with van der Waals surface area (Å²) in [6, 6.07) is 10.6. The fourth-order valence-electron chi connectivity index (χ4n) is 3.75. The number of nitrogens with one attached hydrogen (secondary N) is 1. The second kappa shape index (κ2) is 10.7. The number of halogens is 3. The molecular formula is C20H28F2IN5. The Labute approximate surface area is 182 Å². The van der Waals surface area contributed by atoms with Gasteiger partial charge in [0.15, 0.2) is 5.96 Å². The van der Waals surface area contributed by atoms with Crippen LogP contribution in [0.5, 0.6) is 0 Å². The number of alkyl halides is 2. The van der Waals surface area contributed by atoms with Gasteiger partial charge in [-0.05, 0) is 30.7 Å². The van der Waals surface area contributed by atoms with E-state index in [-0.39, 0.29) is 36.3 Å². The molecular weight excluding hydrogens is 475 g/mol. The molecule has 154 valence electrons. The summed E-state index contributed by atoms with van der Waals surface area (Å²) in [6.45, 7) is 4.31. The van der Waals surface area contributed by atoms with Gasteiger partial charge < -0.3 is 10.2 Å². The van der Waals surface area contributed by atoms with Crippen molar-refractivity contribution < 1.29 is 8.78 Å². The fourth-order valence-corrected chi connectivity index (χ4v) is 3.75. The molecule has 2 unspecified atom stereocenters. The molecule has 3 rings (SSSR count). The number of nitrogens with zero attached hydrogens (tertiary/aromatic N) is 4. The Morgan fingerprint density at radius 2 is 2.07 bits per heavy atom. The quantitative estimate of drug-likeness (QED) is 0.372. The lowest BCUT2D eigenvalue weighted by molar-refractivity contribution is 0.0670. The second-order valence-electron chi connectivity index (χ2n) is 6.93. The summed E-state index contributed by atoms with van der Waals surface area (Å²) >= 11 is 0. The summed E-state index contributed by atoms with van der Waals surface area (Å²) in [5, 5.41) is 3.29. The highest BCUT2D eigenvalue weighted by Crippen LogP contribution is 2.32. The summed E-state index contributed by atoms with van der Waals surface area (Å²) in [5.41, 5.74) is 1.38. The number of piperidine rings is 1. The summed E-state index contributed by atoms with van der Waals surface area (Å²) < 4.78 is 26.8. The van der Waals surface area contributed by atoms with Gasteiger partial charge in [0.25, 0.3) is 0 Å². The summed E-state index contributed by atoms with van der Waals surface area (Å²) in [5.74, 6) is 2.04. The average Bonchev–Trinajstić information content (AvgIpc) is 3.14. The Morgan fingerprint density at radius 1 is 1.32 bits per heavy atom. The first-order valence-electron chi connectivity index (χ1n) is 9.48. The third kappa shape index (κ3) is 5.42. The van der Waals surface area contributed by atoms with E-state index in [1.54, 1.807) is 0 Å². The molecule has 1 aliphatic heterocycles. The molecule has 1 saturated heterocycles. The average molecular weight is 503 g/mol. The first kappa shape index (κ1) is 22.6. The molecule has 0 aliphatic carbocycles. The van der Waals surface area contributed by atoms with Crippen LogP contribution >= 0.6 is 24.0 Å². The monoisotopic (exact) mass is 503 g/mol. The number of aromatic nitrogens is 2. The van der Waals surface area contributed by atoms with Gasteiger partial charge in [-0.25, -0.2) is 9.98 Å². The van der Waals surface area contributed by atoms with Gasteiger partial charge >= 0.3 is 6.55 Å². The number of benzene rings is 1. The Bertz CT molecular complexity index is 750. The minimum atomic E-state index is -2.60. The Balaban J connectivity index is 0.00000280. The number of aliphatic imine (C=N–C) groups is 1. The van der Waals surface area contributed by atoms with Gasteiger partial charge in [-0.1, -0.05) is 37.3 Å². The predicted octanol–water partition coefficient (Wildman–Crippen LogP) is 4.49. The SMILES string of the molecule is CCNC(=NCc1nccn1C(F)F)N1CCC(c2ccccc2)C(C)C1.I. The van der Waals surface area contributed by atoms with E-state index in [1.165, 1.54) is 18.0 Å². The summed E-state index contributed by atoms with van der Waals surface area (Å²) in [4.78, 5) is 10.8.